The van der Waals surface area contributed by atoms with Crippen molar-refractivity contribution in [3.8, 4) is 10.6 Å². The molecule has 0 aromatic carbocycles. The van der Waals surface area contributed by atoms with Crippen LogP contribution in [0.2, 0.25) is 0 Å². The molecule has 1 amide bonds. The minimum Gasteiger partial charge on any atom is -0.351 e. The lowest BCUT2D eigenvalue weighted by atomic mass is 10.3. The molecule has 6 heteroatoms. The topological polar surface area (TPSA) is 42.0 Å². The Labute approximate surface area is 135 Å². The van der Waals surface area contributed by atoms with E-state index in [1.165, 1.54) is 0 Å². The fourth-order valence-corrected chi connectivity index (χ4v) is 4.21. The molecule has 0 bridgehead atoms. The van der Waals surface area contributed by atoms with Gasteiger partial charge in [0, 0.05) is 15.1 Å². The summed E-state index contributed by atoms with van der Waals surface area (Å²) in [5.41, 5.74) is 1.03. The highest BCUT2D eigenvalue weighted by molar-refractivity contribution is 7.16. The Bertz CT molecular complexity index is 728. The zero-order chi connectivity index (χ0) is 14.7. The molecule has 0 radical (unpaired) electrons. The zero-order valence-corrected chi connectivity index (χ0v) is 13.9. The van der Waals surface area contributed by atoms with Gasteiger partial charge in [0.1, 0.15) is 0 Å². The van der Waals surface area contributed by atoms with Crippen LogP contribution in [0.5, 0.6) is 0 Å². The molecule has 3 aromatic heterocycles. The van der Waals surface area contributed by atoms with Gasteiger partial charge in [-0.25, -0.2) is 4.98 Å². The van der Waals surface area contributed by atoms with Gasteiger partial charge in [-0.1, -0.05) is 6.07 Å². The highest BCUT2D eigenvalue weighted by atomic mass is 32.1. The molecule has 0 fully saturated rings. The molecule has 0 unspecified atom stereocenters. The summed E-state index contributed by atoms with van der Waals surface area (Å²) in [6.45, 7) is 2.59. The normalized spacial score (nSPS) is 10.7. The third kappa shape index (κ3) is 3.78. The van der Waals surface area contributed by atoms with E-state index in [4.69, 9.17) is 0 Å². The van der Waals surface area contributed by atoms with Gasteiger partial charge < -0.3 is 5.32 Å². The van der Waals surface area contributed by atoms with Crippen molar-refractivity contribution in [3.63, 3.8) is 0 Å². The minimum atomic E-state index is 0.0666. The first-order valence-electron chi connectivity index (χ1n) is 6.51. The third-order valence-electron chi connectivity index (χ3n) is 2.91. The molecular weight excluding hydrogens is 320 g/mol. The Morgan fingerprint density at radius 3 is 2.86 bits per heavy atom. The first-order chi connectivity index (χ1) is 10.2. The first-order valence-corrected chi connectivity index (χ1v) is 9.08. The number of aryl methyl sites for hydroxylation is 1. The van der Waals surface area contributed by atoms with Gasteiger partial charge in [0.2, 0.25) is 5.91 Å². The van der Waals surface area contributed by atoms with Crippen LogP contribution in [0.4, 0.5) is 0 Å². The van der Waals surface area contributed by atoms with E-state index < -0.39 is 0 Å². The lowest BCUT2D eigenvalue weighted by Crippen LogP contribution is -2.23. The van der Waals surface area contributed by atoms with Crippen molar-refractivity contribution in [2.45, 2.75) is 19.9 Å². The molecular formula is C15H14N2OS3. The van der Waals surface area contributed by atoms with E-state index in [-0.39, 0.29) is 5.91 Å². The third-order valence-corrected chi connectivity index (χ3v) is 5.67. The predicted molar refractivity (Wildman–Crippen MR) is 90.0 cm³/mol. The highest BCUT2D eigenvalue weighted by Crippen LogP contribution is 2.28. The molecule has 3 aromatic rings. The van der Waals surface area contributed by atoms with Gasteiger partial charge in [-0.3, -0.25) is 4.79 Å². The molecule has 3 nitrogen and oxygen atoms in total. The van der Waals surface area contributed by atoms with Gasteiger partial charge in [0.15, 0.2) is 0 Å². The second-order valence-electron chi connectivity index (χ2n) is 4.55. The number of rotatable bonds is 5. The Morgan fingerprint density at radius 1 is 1.24 bits per heavy atom. The maximum Gasteiger partial charge on any atom is 0.225 e. The van der Waals surface area contributed by atoms with Crippen LogP contribution in [0.1, 0.15) is 14.8 Å². The van der Waals surface area contributed by atoms with E-state index in [2.05, 4.69) is 27.8 Å². The quantitative estimate of drug-likeness (QED) is 0.763. The largest absolute Gasteiger partial charge is 0.351 e. The standard InChI is InChI=1S/C15H14N2OS3/c1-10-17-13(9-20-10)14-5-4-12(21-14)8-16-15(18)7-11-3-2-6-19-11/h2-6,9H,7-8H2,1H3,(H,16,18). The summed E-state index contributed by atoms with van der Waals surface area (Å²) < 4.78 is 0. The van der Waals surface area contributed by atoms with Gasteiger partial charge in [-0.05, 0) is 30.5 Å². The molecule has 21 heavy (non-hydrogen) atoms. The van der Waals surface area contributed by atoms with Crippen LogP contribution in [0, 0.1) is 6.92 Å². The molecule has 0 aliphatic heterocycles. The molecule has 108 valence electrons. The Morgan fingerprint density at radius 2 is 2.14 bits per heavy atom. The molecule has 0 aliphatic carbocycles. The lowest BCUT2D eigenvalue weighted by molar-refractivity contribution is -0.120. The summed E-state index contributed by atoms with van der Waals surface area (Å²) >= 11 is 4.95. The number of nitrogens with zero attached hydrogens (tertiary/aromatic N) is 1. The molecule has 0 atom stereocenters. The summed E-state index contributed by atoms with van der Waals surface area (Å²) in [4.78, 5) is 19.7. The van der Waals surface area contributed by atoms with Crippen molar-refractivity contribution in [2.75, 3.05) is 0 Å². The fraction of sp³-hybridized carbons (Fsp3) is 0.200. The molecule has 1 N–H and O–H groups in total. The van der Waals surface area contributed by atoms with Crippen molar-refractivity contribution >= 4 is 39.9 Å². The van der Waals surface area contributed by atoms with Crippen LogP contribution in [0.3, 0.4) is 0 Å². The number of hydrogen-bond donors (Lipinski definition) is 1. The summed E-state index contributed by atoms with van der Waals surface area (Å²) in [5.74, 6) is 0.0666. The van der Waals surface area contributed by atoms with Gasteiger partial charge in [-0.2, -0.15) is 0 Å². The van der Waals surface area contributed by atoms with Gasteiger partial charge in [0.05, 0.1) is 28.5 Å². The highest BCUT2D eigenvalue weighted by Gasteiger charge is 2.08. The summed E-state index contributed by atoms with van der Waals surface area (Å²) in [6.07, 6.45) is 0.460. The van der Waals surface area contributed by atoms with Gasteiger partial charge in [0.25, 0.3) is 0 Å². The number of thiazole rings is 1. The van der Waals surface area contributed by atoms with Crippen molar-refractivity contribution < 1.29 is 4.79 Å². The molecule has 0 saturated heterocycles. The SMILES string of the molecule is Cc1nc(-c2ccc(CNC(=O)Cc3cccs3)s2)cs1. The fourth-order valence-electron chi connectivity index (χ4n) is 1.91. The van der Waals surface area contributed by atoms with Crippen LogP contribution in [-0.4, -0.2) is 10.9 Å². The Kier molecular flexibility index (Phi) is 4.48. The van der Waals surface area contributed by atoms with E-state index in [0.717, 1.165) is 25.3 Å². The van der Waals surface area contributed by atoms with Crippen LogP contribution in [-0.2, 0) is 17.8 Å². The maximum atomic E-state index is 11.9. The van der Waals surface area contributed by atoms with E-state index in [9.17, 15) is 4.79 Å². The second kappa shape index (κ2) is 6.51. The van der Waals surface area contributed by atoms with Crippen molar-refractivity contribution in [2.24, 2.45) is 0 Å². The average molecular weight is 334 g/mol. The predicted octanol–water partition coefficient (Wildman–Crippen LogP) is 4.10. The molecule has 3 rings (SSSR count). The summed E-state index contributed by atoms with van der Waals surface area (Å²) in [5, 5.41) is 8.10. The summed E-state index contributed by atoms with van der Waals surface area (Å²) in [7, 11) is 0. The number of carbonyl (C=O) groups is 1. The number of amides is 1. The Balaban J connectivity index is 1.56. The van der Waals surface area contributed by atoms with Crippen LogP contribution in [0.15, 0.2) is 35.0 Å². The average Bonchev–Trinajstić information content (AvgIpc) is 3.17. The maximum absolute atomic E-state index is 11.9. The number of hydrogen-bond acceptors (Lipinski definition) is 5. The van der Waals surface area contributed by atoms with E-state index >= 15 is 0 Å². The van der Waals surface area contributed by atoms with Crippen molar-refractivity contribution in [1.82, 2.24) is 10.3 Å². The van der Waals surface area contributed by atoms with Crippen LogP contribution in [0.25, 0.3) is 10.6 Å². The smallest absolute Gasteiger partial charge is 0.225 e. The van der Waals surface area contributed by atoms with Gasteiger partial charge in [-0.15, -0.1) is 34.0 Å². The van der Waals surface area contributed by atoms with Crippen LogP contribution >= 0.6 is 34.0 Å². The molecule has 0 saturated carbocycles. The number of thiophene rings is 2. The van der Waals surface area contributed by atoms with Crippen molar-refractivity contribution in [3.05, 3.63) is 49.8 Å². The molecule has 0 aliphatic rings. The van der Waals surface area contributed by atoms with Gasteiger partial charge >= 0.3 is 0 Å². The zero-order valence-electron chi connectivity index (χ0n) is 11.5. The first kappa shape index (κ1) is 14.4. The van der Waals surface area contributed by atoms with Crippen LogP contribution < -0.4 is 5.32 Å². The monoisotopic (exact) mass is 334 g/mol. The lowest BCUT2D eigenvalue weighted by Gasteiger charge is -2.01. The number of nitrogens with one attached hydrogen (secondary N) is 1. The second-order valence-corrected chi connectivity index (χ2v) is 7.81. The molecule has 0 spiro atoms. The van der Waals surface area contributed by atoms with E-state index in [0.29, 0.717) is 13.0 Å². The molecule has 3 heterocycles. The van der Waals surface area contributed by atoms with E-state index in [1.807, 2.05) is 24.4 Å². The Hall–Kier alpha value is -1.50. The van der Waals surface area contributed by atoms with Crippen molar-refractivity contribution in [1.29, 1.82) is 0 Å². The number of carbonyl (C=O) groups excluding carboxylic acids is 1. The summed E-state index contributed by atoms with van der Waals surface area (Å²) in [6, 6.07) is 8.08. The minimum absolute atomic E-state index is 0.0666. The number of aromatic nitrogens is 1. The van der Waals surface area contributed by atoms with E-state index in [1.54, 1.807) is 34.0 Å².